The monoisotopic (exact) mass is 496 g/mol. The third-order valence-corrected chi connectivity index (χ3v) is 5.41. The van der Waals surface area contributed by atoms with Gasteiger partial charge in [-0.05, 0) is 72.7 Å². The molecule has 0 heterocycles. The van der Waals surface area contributed by atoms with E-state index in [0.29, 0.717) is 45.2 Å². The van der Waals surface area contributed by atoms with Crippen LogP contribution in [0.5, 0.6) is 17.2 Å². The van der Waals surface area contributed by atoms with Crippen LogP contribution in [0.25, 0.3) is 6.08 Å². The van der Waals surface area contributed by atoms with Crippen molar-refractivity contribution in [1.29, 1.82) is 5.26 Å². The molecule has 0 spiro atoms. The number of methoxy groups -OCH3 is 1. The smallest absolute Gasteiger partial charge is 0.266 e. The Morgan fingerprint density at radius 2 is 1.76 bits per heavy atom. The van der Waals surface area contributed by atoms with Gasteiger partial charge in [0.1, 0.15) is 24.0 Å². The molecule has 3 rings (SSSR count). The number of hydrogen-bond acceptors (Lipinski definition) is 5. The third-order valence-electron chi connectivity index (χ3n) is 4.67. The highest BCUT2D eigenvalue weighted by atomic mass is 35.5. The fourth-order valence-corrected chi connectivity index (χ4v) is 3.30. The van der Waals surface area contributed by atoms with Gasteiger partial charge in [-0.1, -0.05) is 35.3 Å². The van der Waals surface area contributed by atoms with Crippen LogP contribution >= 0.6 is 23.2 Å². The van der Waals surface area contributed by atoms with Crippen LogP contribution < -0.4 is 19.5 Å². The zero-order chi connectivity index (χ0) is 24.5. The first-order chi connectivity index (χ1) is 16.4. The summed E-state index contributed by atoms with van der Waals surface area (Å²) in [6.07, 6.45) is 1.49. The minimum atomic E-state index is -0.523. The molecule has 0 aliphatic rings. The SMILES string of the molecule is CCOc1cc(/C=C(\C#N)C(=O)Nc2ccc(OC)cc2)ccc1OCc1ccc(Cl)c(Cl)c1. The summed E-state index contributed by atoms with van der Waals surface area (Å²) in [5, 5.41) is 13.1. The number of anilines is 1. The summed E-state index contributed by atoms with van der Waals surface area (Å²) in [6.45, 7) is 2.54. The van der Waals surface area contributed by atoms with E-state index in [9.17, 15) is 10.1 Å². The highest BCUT2D eigenvalue weighted by Crippen LogP contribution is 2.31. The van der Waals surface area contributed by atoms with Crippen molar-refractivity contribution in [3.8, 4) is 23.3 Å². The maximum absolute atomic E-state index is 12.6. The Kier molecular flexibility index (Phi) is 8.80. The van der Waals surface area contributed by atoms with Crippen molar-refractivity contribution in [2.75, 3.05) is 19.0 Å². The number of nitriles is 1. The van der Waals surface area contributed by atoms with Crippen LogP contribution in [0.2, 0.25) is 10.0 Å². The van der Waals surface area contributed by atoms with Crippen molar-refractivity contribution in [3.63, 3.8) is 0 Å². The molecule has 6 nitrogen and oxygen atoms in total. The summed E-state index contributed by atoms with van der Waals surface area (Å²) in [5.74, 6) is 1.15. The molecule has 174 valence electrons. The second-order valence-electron chi connectivity index (χ2n) is 7.03. The fourth-order valence-electron chi connectivity index (χ4n) is 2.98. The van der Waals surface area contributed by atoms with E-state index in [1.165, 1.54) is 6.08 Å². The average molecular weight is 497 g/mol. The molecule has 0 fully saturated rings. The Balaban J connectivity index is 1.76. The van der Waals surface area contributed by atoms with Gasteiger partial charge in [-0.2, -0.15) is 5.26 Å². The van der Waals surface area contributed by atoms with Crippen molar-refractivity contribution in [1.82, 2.24) is 0 Å². The molecule has 0 radical (unpaired) electrons. The number of nitrogens with zero attached hydrogens (tertiary/aromatic N) is 1. The van der Waals surface area contributed by atoms with Crippen molar-refractivity contribution in [3.05, 3.63) is 87.4 Å². The standard InChI is InChI=1S/C26H22Cl2N2O4/c1-3-33-25-14-17(5-11-24(25)34-16-18-4-10-22(27)23(28)13-18)12-19(15-29)26(31)30-20-6-8-21(32-2)9-7-20/h4-14H,3,16H2,1-2H3,(H,30,31)/b19-12+. The van der Waals surface area contributed by atoms with Gasteiger partial charge in [0.15, 0.2) is 11.5 Å². The third kappa shape index (κ3) is 6.67. The maximum atomic E-state index is 12.6. The lowest BCUT2D eigenvalue weighted by molar-refractivity contribution is -0.112. The Bertz CT molecular complexity index is 1230. The van der Waals surface area contributed by atoms with Gasteiger partial charge in [0.25, 0.3) is 5.91 Å². The van der Waals surface area contributed by atoms with Gasteiger partial charge in [-0.15, -0.1) is 0 Å². The zero-order valence-corrected chi connectivity index (χ0v) is 20.1. The lowest BCUT2D eigenvalue weighted by atomic mass is 10.1. The topological polar surface area (TPSA) is 80.6 Å². The number of ether oxygens (including phenoxy) is 3. The molecule has 0 saturated heterocycles. The van der Waals surface area contributed by atoms with Crippen LogP contribution in [0.15, 0.2) is 66.2 Å². The number of hydrogen-bond donors (Lipinski definition) is 1. The van der Waals surface area contributed by atoms with Crippen LogP contribution in [-0.2, 0) is 11.4 Å². The number of benzene rings is 3. The van der Waals surface area contributed by atoms with E-state index in [-0.39, 0.29) is 12.2 Å². The second kappa shape index (κ2) is 12.0. The van der Waals surface area contributed by atoms with E-state index < -0.39 is 5.91 Å². The number of carbonyl (C=O) groups is 1. The lowest BCUT2D eigenvalue weighted by Crippen LogP contribution is -2.13. The number of halogens is 2. The molecule has 8 heteroatoms. The lowest BCUT2D eigenvalue weighted by Gasteiger charge is -2.13. The summed E-state index contributed by atoms with van der Waals surface area (Å²) in [7, 11) is 1.56. The Morgan fingerprint density at radius 3 is 2.41 bits per heavy atom. The van der Waals surface area contributed by atoms with Crippen LogP contribution in [-0.4, -0.2) is 19.6 Å². The number of carbonyl (C=O) groups excluding carboxylic acids is 1. The van der Waals surface area contributed by atoms with E-state index >= 15 is 0 Å². The summed E-state index contributed by atoms with van der Waals surface area (Å²) in [4.78, 5) is 12.6. The molecule has 1 amide bonds. The first-order valence-electron chi connectivity index (χ1n) is 10.3. The predicted molar refractivity (Wildman–Crippen MR) is 134 cm³/mol. The maximum Gasteiger partial charge on any atom is 0.266 e. The fraction of sp³-hybridized carbons (Fsp3) is 0.154. The molecular weight excluding hydrogens is 475 g/mol. The van der Waals surface area contributed by atoms with E-state index in [1.807, 2.05) is 19.1 Å². The largest absolute Gasteiger partial charge is 0.497 e. The number of nitrogens with one attached hydrogen (secondary N) is 1. The first kappa shape index (κ1) is 25.0. The van der Waals surface area contributed by atoms with Crippen LogP contribution in [0.1, 0.15) is 18.1 Å². The van der Waals surface area contributed by atoms with Gasteiger partial charge in [-0.3, -0.25) is 4.79 Å². The molecule has 0 aliphatic carbocycles. The summed E-state index contributed by atoms with van der Waals surface area (Å²) in [5.41, 5.74) is 1.96. The van der Waals surface area contributed by atoms with E-state index in [2.05, 4.69) is 5.32 Å². The molecule has 0 saturated carbocycles. The highest BCUT2D eigenvalue weighted by Gasteiger charge is 2.12. The van der Waals surface area contributed by atoms with Crippen molar-refractivity contribution in [2.24, 2.45) is 0 Å². The molecular formula is C26H22Cl2N2O4. The molecule has 3 aromatic carbocycles. The molecule has 0 bridgehead atoms. The first-order valence-corrected chi connectivity index (χ1v) is 11.1. The molecule has 0 aromatic heterocycles. The van der Waals surface area contributed by atoms with Gasteiger partial charge < -0.3 is 19.5 Å². The summed E-state index contributed by atoms with van der Waals surface area (Å²) >= 11 is 12.0. The van der Waals surface area contributed by atoms with E-state index in [4.69, 9.17) is 37.4 Å². The summed E-state index contributed by atoms with van der Waals surface area (Å²) in [6, 6.07) is 19.2. The van der Waals surface area contributed by atoms with Gasteiger partial charge in [0, 0.05) is 5.69 Å². The average Bonchev–Trinajstić information content (AvgIpc) is 2.84. The van der Waals surface area contributed by atoms with Crippen molar-refractivity contribution in [2.45, 2.75) is 13.5 Å². The summed E-state index contributed by atoms with van der Waals surface area (Å²) < 4.78 is 16.7. The zero-order valence-electron chi connectivity index (χ0n) is 18.6. The van der Waals surface area contributed by atoms with Gasteiger partial charge in [0.05, 0.1) is 23.8 Å². The minimum Gasteiger partial charge on any atom is -0.497 e. The molecule has 0 atom stereocenters. The normalized spacial score (nSPS) is 10.9. The molecule has 0 aliphatic heterocycles. The molecule has 1 N–H and O–H groups in total. The Hall–Kier alpha value is -3.66. The number of rotatable bonds is 9. The van der Waals surface area contributed by atoms with Gasteiger partial charge in [-0.25, -0.2) is 0 Å². The van der Waals surface area contributed by atoms with Crippen LogP contribution in [0.3, 0.4) is 0 Å². The Labute approximate surface area is 208 Å². The number of amides is 1. The quantitative estimate of drug-likeness (QED) is 0.269. The van der Waals surface area contributed by atoms with Crippen molar-refractivity contribution < 1.29 is 19.0 Å². The van der Waals surface area contributed by atoms with Crippen molar-refractivity contribution >= 4 is 40.9 Å². The Morgan fingerprint density at radius 1 is 1.00 bits per heavy atom. The van der Waals surface area contributed by atoms with E-state index in [1.54, 1.807) is 61.7 Å². The second-order valence-corrected chi connectivity index (χ2v) is 7.84. The highest BCUT2D eigenvalue weighted by molar-refractivity contribution is 6.42. The van der Waals surface area contributed by atoms with E-state index in [0.717, 1.165) is 5.56 Å². The molecule has 0 unspecified atom stereocenters. The van der Waals surface area contributed by atoms with Crippen LogP contribution in [0, 0.1) is 11.3 Å². The van der Waals surface area contributed by atoms with Crippen LogP contribution in [0.4, 0.5) is 5.69 Å². The minimum absolute atomic E-state index is 0.0530. The predicted octanol–water partition coefficient (Wildman–Crippen LogP) is 6.53. The molecule has 34 heavy (non-hydrogen) atoms. The van der Waals surface area contributed by atoms with Gasteiger partial charge in [0.2, 0.25) is 0 Å². The molecule has 3 aromatic rings. The van der Waals surface area contributed by atoms with Gasteiger partial charge >= 0.3 is 0 Å².